The van der Waals surface area contributed by atoms with Gasteiger partial charge in [0.25, 0.3) is 5.91 Å². The number of hydrogen-bond acceptors (Lipinski definition) is 3. The van der Waals surface area contributed by atoms with Gasteiger partial charge in [0, 0.05) is 10.0 Å². The topological polar surface area (TPSA) is 70.1 Å². The first kappa shape index (κ1) is 17.2. The van der Waals surface area contributed by atoms with Gasteiger partial charge in [-0.2, -0.15) is 10.2 Å². The Morgan fingerprint density at radius 1 is 1.04 bits per heavy atom. The predicted molar refractivity (Wildman–Crippen MR) is 111 cm³/mol. The number of rotatable bonds is 4. The Balaban J connectivity index is 1.53. The summed E-state index contributed by atoms with van der Waals surface area (Å²) in [6.07, 6.45) is 1.59. The van der Waals surface area contributed by atoms with E-state index in [9.17, 15) is 4.79 Å². The fourth-order valence-electron chi connectivity index (χ4n) is 2.84. The zero-order chi connectivity index (χ0) is 18.6. The molecule has 2 N–H and O–H groups in total. The van der Waals surface area contributed by atoms with Crippen LogP contribution in [0.3, 0.4) is 0 Å². The molecule has 132 valence electrons. The maximum Gasteiger partial charge on any atom is 0.289 e. The summed E-state index contributed by atoms with van der Waals surface area (Å²) in [4.78, 5) is 12.3. The highest BCUT2D eigenvalue weighted by atomic mass is 79.9. The Morgan fingerprint density at radius 3 is 2.74 bits per heavy atom. The van der Waals surface area contributed by atoms with Gasteiger partial charge in [0.2, 0.25) is 0 Å². The van der Waals surface area contributed by atoms with Crippen molar-refractivity contribution >= 4 is 38.8 Å². The lowest BCUT2D eigenvalue weighted by atomic mass is 10.0. The van der Waals surface area contributed by atoms with Crippen LogP contribution in [-0.4, -0.2) is 22.3 Å². The smallest absolute Gasteiger partial charge is 0.272 e. The minimum Gasteiger partial charge on any atom is -0.272 e. The van der Waals surface area contributed by atoms with Crippen LogP contribution in [0.25, 0.3) is 22.0 Å². The lowest BCUT2D eigenvalue weighted by Gasteiger charge is -2.02. The van der Waals surface area contributed by atoms with Gasteiger partial charge in [-0.15, -0.1) is 0 Å². The van der Waals surface area contributed by atoms with E-state index < -0.39 is 0 Å². The number of nitrogens with one attached hydrogen (secondary N) is 2. The van der Waals surface area contributed by atoms with Gasteiger partial charge < -0.3 is 0 Å². The molecule has 4 aromatic rings. The van der Waals surface area contributed by atoms with Gasteiger partial charge in [-0.1, -0.05) is 70.5 Å². The van der Waals surface area contributed by atoms with E-state index in [0.29, 0.717) is 11.4 Å². The molecule has 6 heteroatoms. The number of aromatic amines is 1. The van der Waals surface area contributed by atoms with E-state index in [0.717, 1.165) is 26.4 Å². The number of hydrazone groups is 1. The van der Waals surface area contributed by atoms with Gasteiger partial charge >= 0.3 is 0 Å². The summed E-state index contributed by atoms with van der Waals surface area (Å²) in [5.74, 6) is -0.347. The summed E-state index contributed by atoms with van der Waals surface area (Å²) < 4.78 is 0.950. The van der Waals surface area contributed by atoms with Crippen LogP contribution in [0.1, 0.15) is 16.1 Å². The largest absolute Gasteiger partial charge is 0.289 e. The van der Waals surface area contributed by atoms with Crippen LogP contribution >= 0.6 is 15.9 Å². The molecule has 0 aliphatic heterocycles. The van der Waals surface area contributed by atoms with Crippen molar-refractivity contribution in [1.29, 1.82) is 0 Å². The fraction of sp³-hybridized carbons (Fsp3) is 0. The monoisotopic (exact) mass is 418 g/mol. The third-order valence-electron chi connectivity index (χ3n) is 4.12. The van der Waals surface area contributed by atoms with Gasteiger partial charge in [-0.05, 0) is 34.5 Å². The van der Waals surface area contributed by atoms with Gasteiger partial charge in [-0.3, -0.25) is 9.89 Å². The predicted octanol–water partition coefficient (Wildman–Crippen LogP) is 4.76. The SMILES string of the molecule is O=C(N/N=C/c1cccc(Br)c1)c1cc(-c2cccc3ccccc23)n[nH]1. The minimum absolute atomic E-state index is 0.347. The molecular weight excluding hydrogens is 404 g/mol. The Morgan fingerprint density at radius 2 is 1.85 bits per heavy atom. The molecule has 1 heterocycles. The van der Waals surface area contributed by atoms with Gasteiger partial charge in [0.1, 0.15) is 5.69 Å². The van der Waals surface area contributed by atoms with E-state index in [1.165, 1.54) is 0 Å². The van der Waals surface area contributed by atoms with Crippen LogP contribution in [0, 0.1) is 0 Å². The van der Waals surface area contributed by atoms with Crippen molar-refractivity contribution in [2.24, 2.45) is 5.10 Å². The number of amides is 1. The molecule has 5 nitrogen and oxygen atoms in total. The van der Waals surface area contributed by atoms with Crippen molar-refractivity contribution in [2.75, 3.05) is 0 Å². The average Bonchev–Trinajstić information content (AvgIpc) is 3.18. The normalized spacial score (nSPS) is 11.1. The Bertz CT molecular complexity index is 1140. The van der Waals surface area contributed by atoms with E-state index in [-0.39, 0.29) is 5.91 Å². The first-order valence-electron chi connectivity index (χ1n) is 8.33. The third-order valence-corrected chi connectivity index (χ3v) is 4.61. The van der Waals surface area contributed by atoms with E-state index in [1.807, 2.05) is 54.6 Å². The first-order chi connectivity index (χ1) is 13.2. The highest BCUT2D eigenvalue weighted by molar-refractivity contribution is 9.10. The van der Waals surface area contributed by atoms with E-state index >= 15 is 0 Å². The Labute approximate surface area is 164 Å². The molecule has 0 saturated heterocycles. The molecule has 0 spiro atoms. The van der Waals surface area contributed by atoms with Crippen molar-refractivity contribution in [3.8, 4) is 11.3 Å². The second kappa shape index (κ2) is 7.55. The third kappa shape index (κ3) is 3.80. The minimum atomic E-state index is -0.347. The second-order valence-electron chi connectivity index (χ2n) is 5.95. The molecule has 0 fully saturated rings. The standard InChI is InChI=1S/C21H15BrN4O/c22-16-8-3-5-14(11-16)13-23-26-21(27)20-12-19(24-25-20)18-10-4-7-15-6-1-2-9-17(15)18/h1-13H,(H,24,25)(H,26,27)/b23-13+. The molecule has 0 aliphatic carbocycles. The van der Waals surface area contributed by atoms with Crippen molar-refractivity contribution in [3.05, 3.63) is 88.5 Å². The number of carbonyl (C=O) groups excluding carboxylic acids is 1. The zero-order valence-corrected chi connectivity index (χ0v) is 15.8. The molecule has 4 rings (SSSR count). The number of aromatic nitrogens is 2. The summed E-state index contributed by atoms with van der Waals surface area (Å²) in [5, 5.41) is 13.3. The molecular formula is C21H15BrN4O. The maximum atomic E-state index is 12.3. The molecule has 0 saturated carbocycles. The van der Waals surface area contributed by atoms with Crippen LogP contribution in [0.5, 0.6) is 0 Å². The molecule has 0 unspecified atom stereocenters. The summed E-state index contributed by atoms with van der Waals surface area (Å²) >= 11 is 3.40. The molecule has 0 atom stereocenters. The molecule has 1 amide bonds. The van der Waals surface area contributed by atoms with Crippen molar-refractivity contribution in [1.82, 2.24) is 15.6 Å². The van der Waals surface area contributed by atoms with Crippen molar-refractivity contribution < 1.29 is 4.79 Å². The molecule has 0 aliphatic rings. The number of benzene rings is 3. The molecule has 0 bridgehead atoms. The Kier molecular flexibility index (Phi) is 4.80. The van der Waals surface area contributed by atoms with Crippen LogP contribution < -0.4 is 5.43 Å². The maximum absolute atomic E-state index is 12.3. The zero-order valence-electron chi connectivity index (χ0n) is 14.2. The van der Waals surface area contributed by atoms with Crippen LogP contribution in [0.4, 0.5) is 0 Å². The summed E-state index contributed by atoms with van der Waals surface area (Å²) in [7, 11) is 0. The number of H-pyrrole nitrogens is 1. The highest BCUT2D eigenvalue weighted by Gasteiger charge is 2.12. The van der Waals surface area contributed by atoms with Crippen molar-refractivity contribution in [2.45, 2.75) is 0 Å². The van der Waals surface area contributed by atoms with Crippen LogP contribution in [-0.2, 0) is 0 Å². The van der Waals surface area contributed by atoms with Gasteiger partial charge in [-0.25, -0.2) is 5.43 Å². The average molecular weight is 419 g/mol. The Hall–Kier alpha value is -3.25. The highest BCUT2D eigenvalue weighted by Crippen LogP contribution is 2.27. The fourth-order valence-corrected chi connectivity index (χ4v) is 3.25. The van der Waals surface area contributed by atoms with Gasteiger partial charge in [0.05, 0.1) is 11.9 Å². The lowest BCUT2D eigenvalue weighted by Crippen LogP contribution is -2.17. The summed E-state index contributed by atoms with van der Waals surface area (Å²) in [6, 6.07) is 23.5. The van der Waals surface area contributed by atoms with E-state index in [2.05, 4.69) is 48.8 Å². The number of carbonyl (C=O) groups is 1. The van der Waals surface area contributed by atoms with E-state index in [4.69, 9.17) is 0 Å². The lowest BCUT2D eigenvalue weighted by molar-refractivity contribution is 0.0950. The molecule has 3 aromatic carbocycles. The number of hydrogen-bond donors (Lipinski definition) is 2. The number of fused-ring (bicyclic) bond motifs is 1. The van der Waals surface area contributed by atoms with Crippen LogP contribution in [0.15, 0.2) is 82.4 Å². The number of halogens is 1. The van der Waals surface area contributed by atoms with E-state index in [1.54, 1.807) is 12.3 Å². The quantitative estimate of drug-likeness (QED) is 0.370. The summed E-state index contributed by atoms with van der Waals surface area (Å²) in [5.41, 5.74) is 5.43. The first-order valence-corrected chi connectivity index (χ1v) is 9.12. The number of nitrogens with zero attached hydrogens (tertiary/aromatic N) is 2. The molecule has 0 radical (unpaired) electrons. The van der Waals surface area contributed by atoms with Crippen LogP contribution in [0.2, 0.25) is 0 Å². The molecule has 1 aromatic heterocycles. The van der Waals surface area contributed by atoms with Crippen molar-refractivity contribution in [3.63, 3.8) is 0 Å². The summed E-state index contributed by atoms with van der Waals surface area (Å²) in [6.45, 7) is 0. The second-order valence-corrected chi connectivity index (χ2v) is 6.86. The molecule has 27 heavy (non-hydrogen) atoms. The van der Waals surface area contributed by atoms with Gasteiger partial charge in [0.15, 0.2) is 0 Å².